The Hall–Kier alpha value is -0.560. The van der Waals surface area contributed by atoms with Crippen LogP contribution >= 0.6 is 11.8 Å². The topological polar surface area (TPSA) is 72.2 Å². The average Bonchev–Trinajstić information content (AvgIpc) is 2.38. The van der Waals surface area contributed by atoms with Crippen LogP contribution < -0.4 is 10.5 Å². The molecule has 0 fully saturated rings. The van der Waals surface area contributed by atoms with Gasteiger partial charge < -0.3 is 5.73 Å². The number of rotatable bonds is 7. The monoisotopic (exact) mass is 302 g/mol. The van der Waals surface area contributed by atoms with Gasteiger partial charge in [0.2, 0.25) is 10.0 Å². The van der Waals surface area contributed by atoms with Gasteiger partial charge in [0.1, 0.15) is 0 Å². The van der Waals surface area contributed by atoms with Crippen LogP contribution in [0.5, 0.6) is 0 Å². The summed E-state index contributed by atoms with van der Waals surface area (Å²) >= 11 is 1.64. The van der Waals surface area contributed by atoms with Crippen molar-refractivity contribution in [2.75, 3.05) is 12.0 Å². The van der Waals surface area contributed by atoms with Crippen LogP contribution in [0.1, 0.15) is 24.5 Å². The van der Waals surface area contributed by atoms with Crippen molar-refractivity contribution in [3.63, 3.8) is 0 Å². The standard InChI is InChI=1S/C13H22N2O2S2/c1-4-12(9-18-3)15-19(16,17)13-7-11(8-14)6-5-10(13)2/h5-7,12,15H,4,8-9,14H2,1-3H3. The van der Waals surface area contributed by atoms with Crippen molar-refractivity contribution in [3.05, 3.63) is 29.3 Å². The highest BCUT2D eigenvalue weighted by Gasteiger charge is 2.20. The Kier molecular flexibility index (Phi) is 6.32. The third-order valence-electron chi connectivity index (χ3n) is 2.96. The number of thioether (sulfide) groups is 1. The lowest BCUT2D eigenvalue weighted by Crippen LogP contribution is -2.36. The lowest BCUT2D eigenvalue weighted by Gasteiger charge is -2.17. The zero-order valence-corrected chi connectivity index (χ0v) is 13.3. The predicted molar refractivity (Wildman–Crippen MR) is 81.9 cm³/mol. The maximum absolute atomic E-state index is 12.4. The van der Waals surface area contributed by atoms with Gasteiger partial charge in [0.05, 0.1) is 4.90 Å². The van der Waals surface area contributed by atoms with Gasteiger partial charge in [0, 0.05) is 18.3 Å². The highest BCUT2D eigenvalue weighted by atomic mass is 32.2. The van der Waals surface area contributed by atoms with E-state index in [0.29, 0.717) is 11.4 Å². The van der Waals surface area contributed by atoms with E-state index in [1.807, 2.05) is 19.2 Å². The van der Waals surface area contributed by atoms with Gasteiger partial charge in [-0.1, -0.05) is 19.1 Å². The van der Waals surface area contributed by atoms with Gasteiger partial charge >= 0.3 is 0 Å². The lowest BCUT2D eigenvalue weighted by atomic mass is 10.1. The van der Waals surface area contributed by atoms with Crippen molar-refractivity contribution in [1.82, 2.24) is 4.72 Å². The fraction of sp³-hybridized carbons (Fsp3) is 0.538. The van der Waals surface area contributed by atoms with E-state index < -0.39 is 10.0 Å². The summed E-state index contributed by atoms with van der Waals surface area (Å²) in [4.78, 5) is 0.329. The molecule has 1 aromatic carbocycles. The number of nitrogens with one attached hydrogen (secondary N) is 1. The number of hydrogen-bond acceptors (Lipinski definition) is 4. The van der Waals surface area contributed by atoms with Crippen molar-refractivity contribution < 1.29 is 8.42 Å². The van der Waals surface area contributed by atoms with Gasteiger partial charge in [-0.2, -0.15) is 11.8 Å². The van der Waals surface area contributed by atoms with Gasteiger partial charge in [0.15, 0.2) is 0 Å². The second-order valence-electron chi connectivity index (χ2n) is 4.49. The first-order chi connectivity index (χ1) is 8.94. The van der Waals surface area contributed by atoms with Gasteiger partial charge in [-0.3, -0.25) is 0 Å². The van der Waals surface area contributed by atoms with Crippen LogP contribution in [0.15, 0.2) is 23.1 Å². The Bertz CT molecular complexity index is 515. The van der Waals surface area contributed by atoms with E-state index in [1.165, 1.54) is 0 Å². The van der Waals surface area contributed by atoms with E-state index in [2.05, 4.69) is 4.72 Å². The summed E-state index contributed by atoms with van der Waals surface area (Å²) in [6, 6.07) is 5.27. The Balaban J connectivity index is 3.05. The van der Waals surface area contributed by atoms with E-state index >= 15 is 0 Å². The first kappa shape index (κ1) is 16.5. The highest BCUT2D eigenvalue weighted by molar-refractivity contribution is 7.98. The molecule has 1 aromatic rings. The number of hydrogen-bond donors (Lipinski definition) is 2. The van der Waals surface area contributed by atoms with E-state index in [9.17, 15) is 8.42 Å². The van der Waals surface area contributed by atoms with Crippen LogP contribution in [0, 0.1) is 6.92 Å². The second-order valence-corrected chi connectivity index (χ2v) is 7.08. The van der Waals surface area contributed by atoms with Crippen molar-refractivity contribution in [2.24, 2.45) is 5.73 Å². The number of benzene rings is 1. The summed E-state index contributed by atoms with van der Waals surface area (Å²) in [6.07, 6.45) is 2.74. The normalized spacial score (nSPS) is 13.5. The number of nitrogens with two attached hydrogens (primary N) is 1. The summed E-state index contributed by atoms with van der Waals surface area (Å²) in [5.41, 5.74) is 7.13. The van der Waals surface area contributed by atoms with Gasteiger partial charge in [0.25, 0.3) is 0 Å². The van der Waals surface area contributed by atoms with Gasteiger partial charge in [-0.05, 0) is 36.8 Å². The van der Waals surface area contributed by atoms with E-state index in [0.717, 1.165) is 23.3 Å². The summed E-state index contributed by atoms with van der Waals surface area (Å²) in [7, 11) is -3.48. The molecule has 0 radical (unpaired) electrons. The fourth-order valence-corrected chi connectivity index (χ4v) is 4.22. The predicted octanol–water partition coefficient (Wildman–Crippen LogP) is 1.87. The van der Waals surface area contributed by atoms with Crippen LogP contribution in [0.4, 0.5) is 0 Å². The number of sulfonamides is 1. The summed E-state index contributed by atoms with van der Waals surface area (Å²) in [6.45, 7) is 4.11. The molecule has 4 nitrogen and oxygen atoms in total. The molecular weight excluding hydrogens is 280 g/mol. The second kappa shape index (κ2) is 7.28. The molecule has 1 unspecified atom stereocenters. The molecule has 0 spiro atoms. The lowest BCUT2D eigenvalue weighted by molar-refractivity contribution is 0.557. The molecule has 0 bridgehead atoms. The Morgan fingerprint density at radius 2 is 2.11 bits per heavy atom. The zero-order valence-electron chi connectivity index (χ0n) is 11.6. The van der Waals surface area contributed by atoms with Crippen LogP contribution in [0.3, 0.4) is 0 Å². The molecule has 1 atom stereocenters. The minimum absolute atomic E-state index is 0.0408. The van der Waals surface area contributed by atoms with Crippen molar-refractivity contribution in [2.45, 2.75) is 37.8 Å². The molecular formula is C13H22N2O2S2. The first-order valence-corrected chi connectivity index (χ1v) is 9.13. The van der Waals surface area contributed by atoms with E-state index in [4.69, 9.17) is 5.73 Å². The van der Waals surface area contributed by atoms with Gasteiger partial charge in [-0.25, -0.2) is 13.1 Å². The van der Waals surface area contributed by atoms with Crippen molar-refractivity contribution in [1.29, 1.82) is 0 Å². The van der Waals surface area contributed by atoms with Crippen LogP contribution in [0.25, 0.3) is 0 Å². The maximum Gasteiger partial charge on any atom is 0.241 e. The Morgan fingerprint density at radius 3 is 2.63 bits per heavy atom. The third-order valence-corrected chi connectivity index (χ3v) is 5.36. The number of aryl methyl sites for hydroxylation is 1. The Labute approximate surface area is 120 Å². The smallest absolute Gasteiger partial charge is 0.241 e. The minimum atomic E-state index is -3.48. The molecule has 108 valence electrons. The van der Waals surface area contributed by atoms with Gasteiger partial charge in [-0.15, -0.1) is 0 Å². The highest BCUT2D eigenvalue weighted by Crippen LogP contribution is 2.18. The van der Waals surface area contributed by atoms with Crippen LogP contribution in [-0.2, 0) is 16.6 Å². The molecule has 3 N–H and O–H groups in total. The van der Waals surface area contributed by atoms with Crippen molar-refractivity contribution in [3.8, 4) is 0 Å². The molecule has 0 aliphatic rings. The quantitative estimate of drug-likeness (QED) is 0.806. The summed E-state index contributed by atoms with van der Waals surface area (Å²) in [5, 5.41) is 0. The molecule has 0 heterocycles. The molecule has 0 saturated heterocycles. The molecule has 0 amide bonds. The van der Waals surface area contributed by atoms with E-state index in [-0.39, 0.29) is 6.04 Å². The molecule has 19 heavy (non-hydrogen) atoms. The molecule has 6 heteroatoms. The maximum atomic E-state index is 12.4. The van der Waals surface area contributed by atoms with Crippen LogP contribution in [-0.4, -0.2) is 26.5 Å². The average molecular weight is 302 g/mol. The van der Waals surface area contributed by atoms with E-state index in [1.54, 1.807) is 30.8 Å². The molecule has 0 aliphatic carbocycles. The molecule has 0 aliphatic heterocycles. The molecule has 0 saturated carbocycles. The van der Waals surface area contributed by atoms with Crippen LogP contribution in [0.2, 0.25) is 0 Å². The SMILES string of the molecule is CCC(CSC)NS(=O)(=O)c1cc(CN)ccc1C. The fourth-order valence-electron chi connectivity index (χ4n) is 1.78. The minimum Gasteiger partial charge on any atom is -0.326 e. The summed E-state index contributed by atoms with van der Waals surface area (Å²) < 4.78 is 27.6. The zero-order chi connectivity index (χ0) is 14.5. The Morgan fingerprint density at radius 1 is 1.42 bits per heavy atom. The summed E-state index contributed by atoms with van der Waals surface area (Å²) in [5.74, 6) is 0.769. The van der Waals surface area contributed by atoms with Crippen molar-refractivity contribution >= 4 is 21.8 Å². The molecule has 0 aromatic heterocycles. The molecule has 1 rings (SSSR count). The third kappa shape index (κ3) is 4.49. The first-order valence-electron chi connectivity index (χ1n) is 6.25. The largest absolute Gasteiger partial charge is 0.326 e.